The summed E-state index contributed by atoms with van der Waals surface area (Å²) in [6.45, 7) is 7.27. The van der Waals surface area contributed by atoms with Crippen molar-refractivity contribution in [2.24, 2.45) is 5.92 Å². The van der Waals surface area contributed by atoms with Crippen LogP contribution in [0, 0.1) is 30.5 Å². The van der Waals surface area contributed by atoms with Gasteiger partial charge in [0.2, 0.25) is 0 Å². The van der Waals surface area contributed by atoms with Crippen molar-refractivity contribution in [2.45, 2.75) is 26.7 Å². The Hall–Kier alpha value is -3.37. The number of rotatable bonds is 7. The molecule has 7 heteroatoms. The first-order valence-electron chi connectivity index (χ1n) is 11.2. The minimum atomic E-state index is -0.332. The van der Waals surface area contributed by atoms with E-state index in [9.17, 15) is 4.39 Å². The van der Waals surface area contributed by atoms with E-state index in [0.29, 0.717) is 41.0 Å². The molecule has 1 aromatic heterocycles. The van der Waals surface area contributed by atoms with Gasteiger partial charge in [0.15, 0.2) is 11.5 Å². The molecule has 1 aliphatic rings. The highest BCUT2D eigenvalue weighted by molar-refractivity contribution is 5.93. The number of ether oxygens (including phenoxy) is 2. The van der Waals surface area contributed by atoms with E-state index in [1.165, 1.54) is 12.4 Å². The van der Waals surface area contributed by atoms with E-state index >= 15 is 0 Å². The SMILES string of the molecule is CC#CCN1CCC(COc2cc3ncnc(Nc4ccc(C)cc4F)c3cc2OC)CC1. The van der Waals surface area contributed by atoms with Crippen molar-refractivity contribution >= 4 is 22.4 Å². The van der Waals surface area contributed by atoms with Gasteiger partial charge < -0.3 is 14.8 Å². The summed E-state index contributed by atoms with van der Waals surface area (Å²) in [5, 5.41) is 3.81. The molecule has 4 rings (SSSR count). The largest absolute Gasteiger partial charge is 0.493 e. The van der Waals surface area contributed by atoms with Crippen LogP contribution in [-0.2, 0) is 0 Å². The molecular formula is C26H29FN4O2. The van der Waals surface area contributed by atoms with Crippen LogP contribution in [0.1, 0.15) is 25.3 Å². The zero-order chi connectivity index (χ0) is 23.2. The number of aryl methyl sites for hydroxylation is 1. The van der Waals surface area contributed by atoms with Crippen molar-refractivity contribution in [3.8, 4) is 23.3 Å². The van der Waals surface area contributed by atoms with Crippen molar-refractivity contribution in [3.05, 3.63) is 48.0 Å². The lowest BCUT2D eigenvalue weighted by molar-refractivity contribution is 0.149. The molecular weight excluding hydrogens is 419 g/mol. The molecule has 1 saturated heterocycles. The monoisotopic (exact) mass is 448 g/mol. The van der Waals surface area contributed by atoms with Crippen molar-refractivity contribution in [2.75, 3.05) is 38.7 Å². The number of benzene rings is 2. The highest BCUT2D eigenvalue weighted by atomic mass is 19.1. The number of anilines is 2. The number of methoxy groups -OCH3 is 1. The van der Waals surface area contributed by atoms with Gasteiger partial charge in [0.25, 0.3) is 0 Å². The second kappa shape index (κ2) is 10.5. The van der Waals surface area contributed by atoms with Gasteiger partial charge in [-0.15, -0.1) is 5.92 Å². The van der Waals surface area contributed by atoms with E-state index < -0.39 is 0 Å². The number of fused-ring (bicyclic) bond motifs is 1. The van der Waals surface area contributed by atoms with Crippen LogP contribution in [0.5, 0.6) is 11.5 Å². The molecule has 3 aromatic rings. The van der Waals surface area contributed by atoms with E-state index in [-0.39, 0.29) is 5.82 Å². The maximum Gasteiger partial charge on any atom is 0.163 e. The molecule has 0 aliphatic carbocycles. The number of piperidine rings is 1. The van der Waals surface area contributed by atoms with Crippen LogP contribution >= 0.6 is 0 Å². The predicted molar refractivity (Wildman–Crippen MR) is 129 cm³/mol. The third-order valence-electron chi connectivity index (χ3n) is 5.96. The minimum Gasteiger partial charge on any atom is -0.493 e. The first-order chi connectivity index (χ1) is 16.1. The number of hydrogen-bond acceptors (Lipinski definition) is 6. The van der Waals surface area contributed by atoms with Gasteiger partial charge in [0.1, 0.15) is 18.0 Å². The molecule has 2 heterocycles. The highest BCUT2D eigenvalue weighted by Crippen LogP contribution is 2.35. The Labute approximate surface area is 194 Å². The second-order valence-electron chi connectivity index (χ2n) is 8.31. The van der Waals surface area contributed by atoms with Crippen LogP contribution < -0.4 is 14.8 Å². The average Bonchev–Trinajstić information content (AvgIpc) is 2.83. The lowest BCUT2D eigenvalue weighted by atomic mass is 9.98. The highest BCUT2D eigenvalue weighted by Gasteiger charge is 2.20. The van der Waals surface area contributed by atoms with E-state index in [1.54, 1.807) is 13.2 Å². The summed E-state index contributed by atoms with van der Waals surface area (Å²) in [5.74, 6) is 8.01. The molecule has 6 nitrogen and oxygen atoms in total. The maximum atomic E-state index is 14.3. The summed E-state index contributed by atoms with van der Waals surface area (Å²) in [7, 11) is 1.61. The smallest absolute Gasteiger partial charge is 0.163 e. The quantitative estimate of drug-likeness (QED) is 0.517. The van der Waals surface area contributed by atoms with Gasteiger partial charge in [-0.25, -0.2) is 14.4 Å². The Bertz CT molecular complexity index is 1180. The second-order valence-corrected chi connectivity index (χ2v) is 8.31. The summed E-state index contributed by atoms with van der Waals surface area (Å²) in [6, 6.07) is 8.74. The zero-order valence-electron chi connectivity index (χ0n) is 19.3. The molecule has 0 bridgehead atoms. The number of halogens is 1. The van der Waals surface area contributed by atoms with Gasteiger partial charge in [-0.1, -0.05) is 12.0 Å². The Balaban J connectivity index is 1.49. The van der Waals surface area contributed by atoms with Crippen molar-refractivity contribution in [1.82, 2.24) is 14.9 Å². The normalized spacial score (nSPS) is 14.5. The Morgan fingerprint density at radius 2 is 1.97 bits per heavy atom. The molecule has 0 unspecified atom stereocenters. The van der Waals surface area contributed by atoms with Gasteiger partial charge in [-0.3, -0.25) is 4.90 Å². The first kappa shape index (κ1) is 22.8. The zero-order valence-corrected chi connectivity index (χ0v) is 19.3. The van der Waals surface area contributed by atoms with Crippen molar-refractivity contribution < 1.29 is 13.9 Å². The summed E-state index contributed by atoms with van der Waals surface area (Å²) in [5.41, 5.74) is 1.91. The predicted octanol–water partition coefficient (Wildman–Crippen LogP) is 4.94. The number of nitrogens with one attached hydrogen (secondary N) is 1. The minimum absolute atomic E-state index is 0.332. The lowest BCUT2D eigenvalue weighted by Gasteiger charge is -2.30. The molecule has 33 heavy (non-hydrogen) atoms. The van der Waals surface area contributed by atoms with Crippen LogP contribution in [0.25, 0.3) is 10.9 Å². The Kier molecular flexibility index (Phi) is 7.26. The molecule has 0 radical (unpaired) electrons. The van der Waals surface area contributed by atoms with Gasteiger partial charge >= 0.3 is 0 Å². The van der Waals surface area contributed by atoms with Gasteiger partial charge in [0, 0.05) is 11.5 Å². The lowest BCUT2D eigenvalue weighted by Crippen LogP contribution is -2.35. The summed E-state index contributed by atoms with van der Waals surface area (Å²) in [6.07, 6.45) is 3.63. The Morgan fingerprint density at radius 1 is 1.15 bits per heavy atom. The topological polar surface area (TPSA) is 59.5 Å². The molecule has 0 amide bonds. The van der Waals surface area contributed by atoms with E-state index in [0.717, 1.165) is 43.4 Å². The van der Waals surface area contributed by atoms with Gasteiger partial charge in [0.05, 0.1) is 31.5 Å². The fraction of sp³-hybridized carbons (Fsp3) is 0.385. The third-order valence-corrected chi connectivity index (χ3v) is 5.96. The van der Waals surface area contributed by atoms with E-state index in [1.807, 2.05) is 32.0 Å². The number of likely N-dealkylation sites (tertiary alicyclic amines) is 1. The number of hydrogen-bond donors (Lipinski definition) is 1. The molecule has 1 aliphatic heterocycles. The average molecular weight is 449 g/mol. The molecule has 1 N–H and O–H groups in total. The summed E-state index contributed by atoms with van der Waals surface area (Å²) in [4.78, 5) is 11.1. The molecule has 0 atom stereocenters. The number of aromatic nitrogens is 2. The van der Waals surface area contributed by atoms with Crippen LogP contribution in [0.4, 0.5) is 15.9 Å². The van der Waals surface area contributed by atoms with E-state index in [4.69, 9.17) is 9.47 Å². The molecule has 172 valence electrons. The first-order valence-corrected chi connectivity index (χ1v) is 11.2. The van der Waals surface area contributed by atoms with Crippen molar-refractivity contribution in [3.63, 3.8) is 0 Å². The van der Waals surface area contributed by atoms with Crippen molar-refractivity contribution in [1.29, 1.82) is 0 Å². The number of nitrogens with zero attached hydrogens (tertiary/aromatic N) is 3. The Morgan fingerprint density at radius 3 is 2.70 bits per heavy atom. The summed E-state index contributed by atoms with van der Waals surface area (Å²) >= 11 is 0. The maximum absolute atomic E-state index is 14.3. The molecule has 2 aromatic carbocycles. The third kappa shape index (κ3) is 5.52. The van der Waals surface area contributed by atoms with E-state index in [2.05, 4.69) is 32.0 Å². The van der Waals surface area contributed by atoms with Crippen LogP contribution in [0.15, 0.2) is 36.7 Å². The van der Waals surface area contributed by atoms with Gasteiger partial charge in [-0.2, -0.15) is 0 Å². The molecule has 1 fully saturated rings. The van der Waals surface area contributed by atoms with Gasteiger partial charge in [-0.05, 0) is 69.5 Å². The standard InChI is InChI=1S/C26H29FN4O2/c1-4-5-10-31-11-8-19(9-12-31)16-33-25-15-23-20(14-24(25)32-3)26(29-17-28-23)30-22-7-6-18(2)13-21(22)27/h6-7,13-15,17,19H,8-12,16H2,1-3H3,(H,28,29,30). The summed E-state index contributed by atoms with van der Waals surface area (Å²) < 4.78 is 26.1. The fourth-order valence-electron chi connectivity index (χ4n) is 3.99. The molecule has 0 saturated carbocycles. The fourth-order valence-corrected chi connectivity index (χ4v) is 3.99. The van der Waals surface area contributed by atoms with Crippen LogP contribution in [-0.4, -0.2) is 48.2 Å². The molecule has 0 spiro atoms. The van der Waals surface area contributed by atoms with Crippen LogP contribution in [0.3, 0.4) is 0 Å². The van der Waals surface area contributed by atoms with Crippen LogP contribution in [0.2, 0.25) is 0 Å².